The average molecular weight is 301 g/mol. The molecule has 0 spiro atoms. The minimum atomic E-state index is 0.240. The smallest absolute Gasteiger partial charge is 0.222 e. The van der Waals surface area contributed by atoms with Crippen LogP contribution >= 0.6 is 23.2 Å². The molecule has 2 rings (SSSR count). The zero-order valence-corrected chi connectivity index (χ0v) is 12.5. The van der Waals surface area contributed by atoms with Crippen LogP contribution in [0.4, 0.5) is 0 Å². The van der Waals surface area contributed by atoms with Gasteiger partial charge in [-0.05, 0) is 17.7 Å². The van der Waals surface area contributed by atoms with Gasteiger partial charge in [-0.15, -0.1) is 0 Å². The van der Waals surface area contributed by atoms with Crippen molar-refractivity contribution in [1.82, 2.24) is 9.80 Å². The van der Waals surface area contributed by atoms with Gasteiger partial charge in [0.05, 0.1) is 0 Å². The normalized spacial score (nSPS) is 16.7. The fraction of sp³-hybridized carbons (Fsp3) is 0.500. The second-order valence-corrected chi connectivity index (χ2v) is 5.59. The van der Waals surface area contributed by atoms with Gasteiger partial charge < -0.3 is 4.90 Å². The highest BCUT2D eigenvalue weighted by Crippen LogP contribution is 2.22. The van der Waals surface area contributed by atoms with Crippen LogP contribution in [0.5, 0.6) is 0 Å². The molecule has 104 valence electrons. The van der Waals surface area contributed by atoms with Gasteiger partial charge in [0.25, 0.3) is 0 Å². The number of benzene rings is 1. The lowest BCUT2D eigenvalue weighted by Crippen LogP contribution is -2.48. The predicted octanol–water partition coefficient (Wildman–Crippen LogP) is 3.05. The topological polar surface area (TPSA) is 23.6 Å². The first kappa shape index (κ1) is 14.6. The van der Waals surface area contributed by atoms with E-state index in [9.17, 15) is 4.79 Å². The lowest BCUT2D eigenvalue weighted by molar-refractivity contribution is -0.132. The van der Waals surface area contributed by atoms with E-state index in [2.05, 4.69) is 4.90 Å². The van der Waals surface area contributed by atoms with Crippen molar-refractivity contribution < 1.29 is 4.79 Å². The molecule has 0 N–H and O–H groups in total. The largest absolute Gasteiger partial charge is 0.340 e. The molecule has 1 aromatic rings. The average Bonchev–Trinajstić information content (AvgIpc) is 2.42. The predicted molar refractivity (Wildman–Crippen MR) is 78.6 cm³/mol. The monoisotopic (exact) mass is 300 g/mol. The molecule has 0 bridgehead atoms. The molecule has 3 nitrogen and oxygen atoms in total. The fourth-order valence-corrected chi connectivity index (χ4v) is 2.74. The van der Waals surface area contributed by atoms with E-state index < -0.39 is 0 Å². The van der Waals surface area contributed by atoms with Crippen LogP contribution in [-0.4, -0.2) is 41.9 Å². The molecule has 5 heteroatoms. The summed E-state index contributed by atoms with van der Waals surface area (Å²) in [6.07, 6.45) is 0.586. The number of amides is 1. The van der Waals surface area contributed by atoms with Crippen LogP contribution in [0.25, 0.3) is 0 Å². The quantitative estimate of drug-likeness (QED) is 0.856. The summed E-state index contributed by atoms with van der Waals surface area (Å²) in [7, 11) is 0. The van der Waals surface area contributed by atoms with Gasteiger partial charge in [-0.3, -0.25) is 9.69 Å². The molecule has 1 saturated heterocycles. The number of carbonyl (C=O) groups is 1. The molecular weight excluding hydrogens is 283 g/mol. The third-order valence-electron chi connectivity index (χ3n) is 3.44. The summed E-state index contributed by atoms with van der Waals surface area (Å²) >= 11 is 12.1. The van der Waals surface area contributed by atoms with Gasteiger partial charge in [-0.1, -0.05) is 36.2 Å². The third kappa shape index (κ3) is 3.85. The van der Waals surface area contributed by atoms with Crippen molar-refractivity contribution in [3.63, 3.8) is 0 Å². The third-order valence-corrected chi connectivity index (χ3v) is 4.02. The standard InChI is InChI=1S/C14H18Cl2N2O/c1-2-14(19)18-7-5-17(6-8-18)10-11-3-4-12(15)9-13(11)16/h3-4,9H,2,5-8,10H2,1H3. The molecule has 0 saturated carbocycles. The fourth-order valence-electron chi connectivity index (χ4n) is 2.27. The first-order valence-electron chi connectivity index (χ1n) is 6.54. The first-order chi connectivity index (χ1) is 9.10. The van der Waals surface area contributed by atoms with E-state index in [-0.39, 0.29) is 5.91 Å². The zero-order chi connectivity index (χ0) is 13.8. The molecule has 1 fully saturated rings. The summed E-state index contributed by atoms with van der Waals surface area (Å²) in [5, 5.41) is 1.37. The highest BCUT2D eigenvalue weighted by Gasteiger charge is 2.20. The van der Waals surface area contributed by atoms with E-state index in [1.807, 2.05) is 24.0 Å². The number of halogens is 2. The maximum atomic E-state index is 11.6. The summed E-state index contributed by atoms with van der Waals surface area (Å²) in [6, 6.07) is 5.60. The maximum Gasteiger partial charge on any atom is 0.222 e. The van der Waals surface area contributed by atoms with Gasteiger partial charge in [0, 0.05) is 49.2 Å². The van der Waals surface area contributed by atoms with E-state index in [4.69, 9.17) is 23.2 Å². The molecular formula is C14H18Cl2N2O. The Labute approximate surface area is 124 Å². The zero-order valence-electron chi connectivity index (χ0n) is 11.0. The van der Waals surface area contributed by atoms with E-state index in [1.54, 1.807) is 6.07 Å². The summed E-state index contributed by atoms with van der Waals surface area (Å²) in [5.74, 6) is 0.240. The van der Waals surface area contributed by atoms with Crippen molar-refractivity contribution in [2.45, 2.75) is 19.9 Å². The minimum absolute atomic E-state index is 0.240. The Morgan fingerprint density at radius 2 is 1.89 bits per heavy atom. The number of piperazine rings is 1. The number of hydrogen-bond donors (Lipinski definition) is 0. The molecule has 0 radical (unpaired) electrons. The van der Waals surface area contributed by atoms with Gasteiger partial charge in [0.1, 0.15) is 0 Å². The second kappa shape index (κ2) is 6.60. The Bertz CT molecular complexity index is 457. The van der Waals surface area contributed by atoms with Crippen LogP contribution < -0.4 is 0 Å². The molecule has 19 heavy (non-hydrogen) atoms. The van der Waals surface area contributed by atoms with Crippen molar-refractivity contribution in [2.75, 3.05) is 26.2 Å². The molecule has 0 unspecified atom stereocenters. The van der Waals surface area contributed by atoms with Crippen LogP contribution in [0.3, 0.4) is 0 Å². The van der Waals surface area contributed by atoms with Crippen LogP contribution in [0, 0.1) is 0 Å². The summed E-state index contributed by atoms with van der Waals surface area (Å²) in [4.78, 5) is 15.8. The Morgan fingerprint density at radius 3 is 2.47 bits per heavy atom. The van der Waals surface area contributed by atoms with Crippen molar-refractivity contribution in [1.29, 1.82) is 0 Å². The Balaban J connectivity index is 1.90. The van der Waals surface area contributed by atoms with Gasteiger partial charge in [0.15, 0.2) is 0 Å². The van der Waals surface area contributed by atoms with Gasteiger partial charge in [-0.2, -0.15) is 0 Å². The second-order valence-electron chi connectivity index (χ2n) is 4.75. The van der Waals surface area contributed by atoms with E-state index in [1.165, 1.54) is 0 Å². The van der Waals surface area contributed by atoms with Gasteiger partial charge >= 0.3 is 0 Å². The van der Waals surface area contributed by atoms with Crippen molar-refractivity contribution >= 4 is 29.1 Å². The van der Waals surface area contributed by atoms with Crippen molar-refractivity contribution in [3.8, 4) is 0 Å². The summed E-state index contributed by atoms with van der Waals surface area (Å²) < 4.78 is 0. The Hall–Kier alpha value is -0.770. The minimum Gasteiger partial charge on any atom is -0.340 e. The molecule has 1 aliphatic heterocycles. The van der Waals surface area contributed by atoms with Crippen molar-refractivity contribution in [3.05, 3.63) is 33.8 Å². The highest BCUT2D eigenvalue weighted by molar-refractivity contribution is 6.35. The molecule has 1 aliphatic rings. The van der Waals surface area contributed by atoms with E-state index >= 15 is 0 Å². The Kier molecular flexibility index (Phi) is 5.08. The van der Waals surface area contributed by atoms with Crippen LogP contribution in [-0.2, 0) is 11.3 Å². The van der Waals surface area contributed by atoms with Gasteiger partial charge in [0.2, 0.25) is 5.91 Å². The van der Waals surface area contributed by atoms with Crippen LogP contribution in [0.2, 0.25) is 10.0 Å². The lowest BCUT2D eigenvalue weighted by atomic mass is 10.2. The number of rotatable bonds is 3. The first-order valence-corrected chi connectivity index (χ1v) is 7.30. The van der Waals surface area contributed by atoms with Crippen molar-refractivity contribution in [2.24, 2.45) is 0 Å². The molecule has 0 aliphatic carbocycles. The maximum absolute atomic E-state index is 11.6. The molecule has 1 aromatic carbocycles. The summed E-state index contributed by atoms with van der Waals surface area (Å²) in [5.41, 5.74) is 1.08. The van der Waals surface area contributed by atoms with Crippen LogP contribution in [0.1, 0.15) is 18.9 Å². The van der Waals surface area contributed by atoms with E-state index in [0.717, 1.165) is 38.3 Å². The molecule has 1 heterocycles. The van der Waals surface area contributed by atoms with Crippen LogP contribution in [0.15, 0.2) is 18.2 Å². The molecule has 1 amide bonds. The number of hydrogen-bond acceptors (Lipinski definition) is 2. The Morgan fingerprint density at radius 1 is 1.21 bits per heavy atom. The molecule has 0 atom stereocenters. The number of nitrogens with zero attached hydrogens (tertiary/aromatic N) is 2. The van der Waals surface area contributed by atoms with E-state index in [0.29, 0.717) is 16.5 Å². The lowest BCUT2D eigenvalue weighted by Gasteiger charge is -2.34. The van der Waals surface area contributed by atoms with Gasteiger partial charge in [-0.25, -0.2) is 0 Å². The SMILES string of the molecule is CCC(=O)N1CCN(Cc2ccc(Cl)cc2Cl)CC1. The number of carbonyl (C=O) groups excluding carboxylic acids is 1. The highest BCUT2D eigenvalue weighted by atomic mass is 35.5. The molecule has 0 aromatic heterocycles. The summed E-state index contributed by atoms with van der Waals surface area (Å²) in [6.45, 7) is 6.11.